The SMILES string of the molecule is COc1ccc(C(=O)n2c(C)c(CC(=O)O)c3cc(OC)c(Cl)cc32)s1. The number of ether oxygens (including phenoxy) is 2. The molecule has 0 aliphatic rings. The Hall–Kier alpha value is -2.51. The molecule has 1 N–H and O–H groups in total. The van der Waals surface area contributed by atoms with E-state index in [4.69, 9.17) is 21.1 Å². The van der Waals surface area contributed by atoms with Crippen LogP contribution < -0.4 is 9.47 Å². The minimum absolute atomic E-state index is 0.207. The van der Waals surface area contributed by atoms with Gasteiger partial charge in [-0.15, -0.1) is 0 Å². The second-order valence-corrected chi connectivity index (χ2v) is 7.06. The van der Waals surface area contributed by atoms with Gasteiger partial charge in [-0.1, -0.05) is 22.9 Å². The fourth-order valence-electron chi connectivity index (χ4n) is 2.93. The summed E-state index contributed by atoms with van der Waals surface area (Å²) in [4.78, 5) is 24.9. The summed E-state index contributed by atoms with van der Waals surface area (Å²) in [6.45, 7) is 1.72. The van der Waals surface area contributed by atoms with Crippen molar-refractivity contribution in [1.29, 1.82) is 0 Å². The second-order valence-electron chi connectivity index (χ2n) is 5.60. The van der Waals surface area contributed by atoms with Crippen molar-refractivity contribution < 1.29 is 24.2 Å². The number of thiophene rings is 1. The predicted molar refractivity (Wildman–Crippen MR) is 100 cm³/mol. The quantitative estimate of drug-likeness (QED) is 0.708. The van der Waals surface area contributed by atoms with E-state index >= 15 is 0 Å². The zero-order valence-corrected chi connectivity index (χ0v) is 15.9. The summed E-state index contributed by atoms with van der Waals surface area (Å²) in [5.74, 6) is -0.821. The number of carbonyl (C=O) groups is 2. The Labute approximate surface area is 158 Å². The molecule has 0 aliphatic carbocycles. The maximum atomic E-state index is 13.1. The number of hydrogen-bond donors (Lipinski definition) is 1. The van der Waals surface area contributed by atoms with Crippen LogP contribution in [0.4, 0.5) is 0 Å². The van der Waals surface area contributed by atoms with Crippen molar-refractivity contribution in [2.75, 3.05) is 14.2 Å². The standard InChI is InChI=1S/C18H16ClNO5S/c1-9-10(7-16(21)22)11-6-14(24-2)12(19)8-13(11)20(9)18(23)15-4-5-17(25-3)26-15/h4-6,8H,7H2,1-3H3,(H,21,22). The Morgan fingerprint density at radius 1 is 1.23 bits per heavy atom. The molecule has 3 aromatic rings. The highest BCUT2D eigenvalue weighted by atomic mass is 35.5. The third-order valence-electron chi connectivity index (χ3n) is 4.13. The molecule has 26 heavy (non-hydrogen) atoms. The van der Waals surface area contributed by atoms with Crippen molar-refractivity contribution in [3.8, 4) is 10.8 Å². The molecule has 2 heterocycles. The largest absolute Gasteiger partial charge is 0.495 e. The third-order valence-corrected chi connectivity index (χ3v) is 5.46. The summed E-state index contributed by atoms with van der Waals surface area (Å²) in [6.07, 6.45) is -0.207. The van der Waals surface area contributed by atoms with Crippen LogP contribution in [0.2, 0.25) is 5.02 Å². The van der Waals surface area contributed by atoms with Crippen LogP contribution >= 0.6 is 22.9 Å². The number of carbonyl (C=O) groups excluding carboxylic acids is 1. The number of aliphatic carboxylic acids is 1. The molecule has 0 spiro atoms. The van der Waals surface area contributed by atoms with Crippen LogP contribution in [0.5, 0.6) is 10.8 Å². The van der Waals surface area contributed by atoms with Crippen molar-refractivity contribution in [1.82, 2.24) is 4.57 Å². The van der Waals surface area contributed by atoms with Gasteiger partial charge < -0.3 is 14.6 Å². The molecule has 3 rings (SSSR count). The lowest BCUT2D eigenvalue weighted by molar-refractivity contribution is -0.136. The van der Waals surface area contributed by atoms with E-state index in [9.17, 15) is 14.7 Å². The lowest BCUT2D eigenvalue weighted by Gasteiger charge is -2.07. The summed E-state index contributed by atoms with van der Waals surface area (Å²) in [5.41, 5.74) is 1.66. The van der Waals surface area contributed by atoms with Gasteiger partial charge in [-0.3, -0.25) is 14.2 Å². The number of fused-ring (bicyclic) bond motifs is 1. The molecule has 0 saturated heterocycles. The number of benzene rings is 1. The van der Waals surface area contributed by atoms with Gasteiger partial charge >= 0.3 is 5.97 Å². The van der Waals surface area contributed by atoms with Crippen LogP contribution in [-0.4, -0.2) is 35.8 Å². The van der Waals surface area contributed by atoms with Crippen molar-refractivity contribution in [2.24, 2.45) is 0 Å². The molecule has 0 radical (unpaired) electrons. The van der Waals surface area contributed by atoms with Gasteiger partial charge in [-0.05, 0) is 36.8 Å². The van der Waals surface area contributed by atoms with E-state index in [1.54, 1.807) is 31.2 Å². The predicted octanol–water partition coefficient (Wildman–Crippen LogP) is 4.00. The molecule has 0 aliphatic heterocycles. The number of carboxylic acid groups (broad SMARTS) is 1. The highest BCUT2D eigenvalue weighted by Crippen LogP contribution is 2.36. The molecule has 8 heteroatoms. The van der Waals surface area contributed by atoms with Crippen molar-refractivity contribution in [3.63, 3.8) is 0 Å². The first kappa shape index (κ1) is 18.3. The molecule has 2 aromatic heterocycles. The van der Waals surface area contributed by atoms with E-state index < -0.39 is 5.97 Å². The first-order chi connectivity index (χ1) is 12.4. The molecular weight excluding hydrogens is 378 g/mol. The third kappa shape index (κ3) is 3.04. The van der Waals surface area contributed by atoms with E-state index in [1.807, 2.05) is 0 Å². The van der Waals surface area contributed by atoms with Gasteiger partial charge in [0, 0.05) is 11.1 Å². The minimum atomic E-state index is -0.980. The fourth-order valence-corrected chi connectivity index (χ4v) is 3.91. The summed E-state index contributed by atoms with van der Waals surface area (Å²) in [5, 5.41) is 10.9. The van der Waals surface area contributed by atoms with Gasteiger partial charge in [-0.25, -0.2) is 0 Å². The summed E-state index contributed by atoms with van der Waals surface area (Å²) >= 11 is 7.46. The Morgan fingerprint density at radius 3 is 2.54 bits per heavy atom. The van der Waals surface area contributed by atoms with Crippen LogP contribution in [0.15, 0.2) is 24.3 Å². The highest BCUT2D eigenvalue weighted by molar-refractivity contribution is 7.15. The number of halogens is 1. The summed E-state index contributed by atoms with van der Waals surface area (Å²) < 4.78 is 11.9. The van der Waals surface area contributed by atoms with Crippen LogP contribution in [0.1, 0.15) is 20.9 Å². The smallest absolute Gasteiger partial charge is 0.307 e. The first-order valence-corrected chi connectivity index (χ1v) is 8.84. The van der Waals surface area contributed by atoms with Gasteiger partial charge in [-0.2, -0.15) is 0 Å². The Kier molecular flexibility index (Phi) is 4.93. The van der Waals surface area contributed by atoms with Gasteiger partial charge in [0.2, 0.25) is 0 Å². The number of carboxylic acids is 1. The van der Waals surface area contributed by atoms with E-state index in [2.05, 4.69) is 0 Å². The molecule has 0 fully saturated rings. The number of methoxy groups -OCH3 is 2. The van der Waals surface area contributed by atoms with E-state index in [1.165, 1.54) is 30.1 Å². The summed E-state index contributed by atoms with van der Waals surface area (Å²) in [6, 6.07) is 6.69. The molecule has 6 nitrogen and oxygen atoms in total. The van der Waals surface area contributed by atoms with Crippen LogP contribution in [0.25, 0.3) is 10.9 Å². The Bertz CT molecular complexity index is 1020. The van der Waals surface area contributed by atoms with Gasteiger partial charge in [0.05, 0.1) is 36.1 Å². The maximum Gasteiger partial charge on any atom is 0.307 e. The van der Waals surface area contributed by atoms with Crippen molar-refractivity contribution in [2.45, 2.75) is 13.3 Å². The van der Waals surface area contributed by atoms with Crippen LogP contribution in [-0.2, 0) is 11.2 Å². The average molecular weight is 394 g/mol. The monoisotopic (exact) mass is 393 g/mol. The Morgan fingerprint density at radius 2 is 1.96 bits per heavy atom. The number of nitrogens with zero attached hydrogens (tertiary/aromatic N) is 1. The highest BCUT2D eigenvalue weighted by Gasteiger charge is 2.23. The molecule has 136 valence electrons. The number of aromatic nitrogens is 1. The average Bonchev–Trinajstić information content (AvgIpc) is 3.17. The zero-order valence-electron chi connectivity index (χ0n) is 14.3. The number of rotatable bonds is 5. The molecule has 0 bridgehead atoms. The molecule has 0 amide bonds. The first-order valence-electron chi connectivity index (χ1n) is 7.65. The fraction of sp³-hybridized carbons (Fsp3) is 0.222. The maximum absolute atomic E-state index is 13.1. The molecule has 1 aromatic carbocycles. The second kappa shape index (κ2) is 7.01. The van der Waals surface area contributed by atoms with Crippen molar-refractivity contribution in [3.05, 3.63) is 45.4 Å². The lowest BCUT2D eigenvalue weighted by Crippen LogP contribution is -2.12. The van der Waals surface area contributed by atoms with Crippen molar-refractivity contribution >= 4 is 45.7 Å². The van der Waals surface area contributed by atoms with Crippen LogP contribution in [0, 0.1) is 6.92 Å². The van der Waals surface area contributed by atoms with Gasteiger partial charge in [0.1, 0.15) is 5.75 Å². The topological polar surface area (TPSA) is 77.8 Å². The van der Waals surface area contributed by atoms with Crippen LogP contribution in [0.3, 0.4) is 0 Å². The molecular formula is C18H16ClNO5S. The van der Waals surface area contributed by atoms with Gasteiger partial charge in [0.25, 0.3) is 5.91 Å². The minimum Gasteiger partial charge on any atom is -0.495 e. The lowest BCUT2D eigenvalue weighted by atomic mass is 10.1. The normalized spacial score (nSPS) is 10.9. The summed E-state index contributed by atoms with van der Waals surface area (Å²) in [7, 11) is 3.02. The van der Waals surface area contributed by atoms with E-state index in [0.717, 1.165) is 0 Å². The van der Waals surface area contributed by atoms with E-state index in [0.29, 0.717) is 42.9 Å². The van der Waals surface area contributed by atoms with E-state index in [-0.39, 0.29) is 12.3 Å². The molecule has 0 saturated carbocycles. The van der Waals surface area contributed by atoms with Gasteiger partial charge in [0.15, 0.2) is 5.06 Å². The zero-order chi connectivity index (χ0) is 19.0. The molecule has 0 atom stereocenters. The Balaban J connectivity index is 2.26. The number of hydrogen-bond acceptors (Lipinski definition) is 5. The molecule has 0 unspecified atom stereocenters.